The predicted molar refractivity (Wildman–Crippen MR) is 42.0 cm³/mol. The summed E-state index contributed by atoms with van der Waals surface area (Å²) < 4.78 is 12.6. The van der Waals surface area contributed by atoms with Gasteiger partial charge >= 0.3 is 0 Å². The summed E-state index contributed by atoms with van der Waals surface area (Å²) in [5.74, 6) is -0.0332. The van der Waals surface area contributed by atoms with Gasteiger partial charge in [-0.25, -0.2) is 4.39 Å². The molecule has 0 radical (unpaired) electrons. The molecule has 0 spiro atoms. The van der Waals surface area contributed by atoms with Crippen molar-refractivity contribution < 1.29 is 9.50 Å². The van der Waals surface area contributed by atoms with E-state index in [0.29, 0.717) is 6.54 Å². The van der Waals surface area contributed by atoms with E-state index in [4.69, 9.17) is 5.11 Å². The van der Waals surface area contributed by atoms with Gasteiger partial charge < -0.3 is 5.11 Å². The number of hydrogen-bond acceptors (Lipinski definition) is 2. The topological polar surface area (TPSA) is 23.5 Å². The van der Waals surface area contributed by atoms with Crippen molar-refractivity contribution in [3.05, 3.63) is 11.9 Å². The summed E-state index contributed by atoms with van der Waals surface area (Å²) in [5.41, 5.74) is 0. The molecular weight excluding hydrogens is 145 g/mol. The van der Waals surface area contributed by atoms with Gasteiger partial charge in [-0.1, -0.05) is 6.08 Å². The summed E-state index contributed by atoms with van der Waals surface area (Å²) in [7, 11) is 0. The predicted octanol–water partition coefficient (Wildman–Crippen LogP) is 0.928. The second-order valence-electron chi connectivity index (χ2n) is 2.79. The van der Waals surface area contributed by atoms with E-state index in [1.807, 2.05) is 4.90 Å². The van der Waals surface area contributed by atoms with Crippen LogP contribution in [0, 0.1) is 0 Å². The average Bonchev–Trinajstić information content (AvgIpc) is 2.01. The first-order valence-electron chi connectivity index (χ1n) is 4.00. The Labute approximate surface area is 66.3 Å². The molecule has 0 saturated carbocycles. The Morgan fingerprint density at radius 1 is 1.64 bits per heavy atom. The van der Waals surface area contributed by atoms with Crippen molar-refractivity contribution in [2.24, 2.45) is 0 Å². The Morgan fingerprint density at radius 2 is 2.45 bits per heavy atom. The Hall–Kier alpha value is -0.410. The molecule has 0 aromatic carbocycles. The van der Waals surface area contributed by atoms with Gasteiger partial charge in [-0.2, -0.15) is 0 Å². The second-order valence-corrected chi connectivity index (χ2v) is 2.79. The maximum absolute atomic E-state index is 12.6. The molecule has 2 nitrogen and oxygen atoms in total. The van der Waals surface area contributed by atoms with Crippen LogP contribution in [-0.2, 0) is 0 Å². The molecule has 1 rings (SSSR count). The van der Waals surface area contributed by atoms with Crippen molar-refractivity contribution in [1.29, 1.82) is 0 Å². The van der Waals surface area contributed by atoms with Crippen molar-refractivity contribution in [1.82, 2.24) is 4.90 Å². The van der Waals surface area contributed by atoms with Gasteiger partial charge in [-0.3, -0.25) is 4.90 Å². The van der Waals surface area contributed by atoms with E-state index in [2.05, 4.69) is 0 Å². The first-order chi connectivity index (χ1) is 5.33. The van der Waals surface area contributed by atoms with Crippen LogP contribution in [0.15, 0.2) is 11.9 Å². The molecule has 11 heavy (non-hydrogen) atoms. The van der Waals surface area contributed by atoms with Gasteiger partial charge in [-0.05, 0) is 12.8 Å². The molecule has 0 bridgehead atoms. The minimum absolute atomic E-state index is 0.0332. The molecule has 1 heterocycles. The van der Waals surface area contributed by atoms with E-state index in [1.165, 1.54) is 0 Å². The summed E-state index contributed by atoms with van der Waals surface area (Å²) in [6.07, 6.45) is 3.18. The molecule has 0 fully saturated rings. The average molecular weight is 159 g/mol. The smallest absolute Gasteiger partial charge is 0.110 e. The van der Waals surface area contributed by atoms with Crippen LogP contribution in [0.3, 0.4) is 0 Å². The van der Waals surface area contributed by atoms with Gasteiger partial charge in [0.1, 0.15) is 5.83 Å². The quantitative estimate of drug-likeness (QED) is 0.662. The van der Waals surface area contributed by atoms with Crippen molar-refractivity contribution in [2.45, 2.75) is 12.8 Å². The van der Waals surface area contributed by atoms with Crippen LogP contribution in [0.25, 0.3) is 0 Å². The van der Waals surface area contributed by atoms with E-state index in [1.54, 1.807) is 6.08 Å². The Morgan fingerprint density at radius 3 is 3.09 bits per heavy atom. The third kappa shape index (κ3) is 2.99. The lowest BCUT2D eigenvalue weighted by Gasteiger charge is -2.23. The number of aliphatic hydroxyl groups is 1. The highest BCUT2D eigenvalue weighted by atomic mass is 19.1. The monoisotopic (exact) mass is 159 g/mol. The van der Waals surface area contributed by atoms with Crippen LogP contribution < -0.4 is 0 Å². The van der Waals surface area contributed by atoms with Crippen molar-refractivity contribution in [2.75, 3.05) is 26.2 Å². The zero-order valence-corrected chi connectivity index (χ0v) is 6.59. The molecule has 0 aromatic rings. The molecule has 1 aliphatic heterocycles. The lowest BCUT2D eigenvalue weighted by molar-refractivity contribution is 0.221. The lowest BCUT2D eigenvalue weighted by Crippen LogP contribution is -2.30. The van der Waals surface area contributed by atoms with Crippen LogP contribution in [0.5, 0.6) is 0 Å². The summed E-state index contributed by atoms with van der Waals surface area (Å²) in [5, 5.41) is 8.53. The molecule has 0 saturated heterocycles. The molecule has 0 unspecified atom stereocenters. The van der Waals surface area contributed by atoms with E-state index in [0.717, 1.165) is 25.9 Å². The molecule has 0 aliphatic carbocycles. The summed E-state index contributed by atoms with van der Waals surface area (Å²) in [6.45, 7) is 2.35. The van der Waals surface area contributed by atoms with Gasteiger partial charge in [0.25, 0.3) is 0 Å². The number of halogens is 1. The third-order valence-electron chi connectivity index (χ3n) is 1.82. The Bertz CT molecular complexity index is 147. The maximum atomic E-state index is 12.6. The molecule has 3 heteroatoms. The van der Waals surface area contributed by atoms with Crippen molar-refractivity contribution in [3.8, 4) is 0 Å². The highest BCUT2D eigenvalue weighted by Gasteiger charge is 2.10. The third-order valence-corrected chi connectivity index (χ3v) is 1.82. The molecule has 0 aromatic heterocycles. The second kappa shape index (κ2) is 4.46. The van der Waals surface area contributed by atoms with Gasteiger partial charge in [0.15, 0.2) is 0 Å². The van der Waals surface area contributed by atoms with Crippen molar-refractivity contribution >= 4 is 0 Å². The lowest BCUT2D eigenvalue weighted by atomic mass is 10.2. The standard InChI is InChI=1S/C8H14FNO/c9-8-3-1-4-10(7-8)5-2-6-11/h3,11H,1-2,4-7H2. The Kier molecular flexibility index (Phi) is 3.52. The summed E-state index contributed by atoms with van der Waals surface area (Å²) in [6, 6.07) is 0. The van der Waals surface area contributed by atoms with Gasteiger partial charge in [0.05, 0.1) is 0 Å². The fraction of sp³-hybridized carbons (Fsp3) is 0.750. The normalized spacial score (nSPS) is 20.0. The van der Waals surface area contributed by atoms with Gasteiger partial charge in [0.2, 0.25) is 0 Å². The van der Waals surface area contributed by atoms with Crippen LogP contribution in [0.2, 0.25) is 0 Å². The molecule has 1 N–H and O–H groups in total. The summed E-state index contributed by atoms with van der Waals surface area (Å²) >= 11 is 0. The first-order valence-corrected chi connectivity index (χ1v) is 4.00. The van der Waals surface area contributed by atoms with Gasteiger partial charge in [-0.15, -0.1) is 0 Å². The first kappa shape index (κ1) is 8.68. The maximum Gasteiger partial charge on any atom is 0.110 e. The minimum Gasteiger partial charge on any atom is -0.396 e. The van der Waals surface area contributed by atoms with Crippen LogP contribution in [0.4, 0.5) is 4.39 Å². The van der Waals surface area contributed by atoms with E-state index < -0.39 is 0 Å². The number of rotatable bonds is 3. The molecule has 64 valence electrons. The zero-order chi connectivity index (χ0) is 8.10. The number of hydrogen-bond donors (Lipinski definition) is 1. The molecule has 0 amide bonds. The highest BCUT2D eigenvalue weighted by molar-refractivity contribution is 4.98. The van der Waals surface area contributed by atoms with Crippen LogP contribution in [-0.4, -0.2) is 36.2 Å². The number of aliphatic hydroxyl groups excluding tert-OH is 1. The van der Waals surface area contributed by atoms with Gasteiger partial charge in [0, 0.05) is 26.2 Å². The fourth-order valence-electron chi connectivity index (χ4n) is 1.25. The molecular formula is C8H14FNO. The SMILES string of the molecule is OCCCN1CCC=C(F)C1. The van der Waals surface area contributed by atoms with E-state index in [9.17, 15) is 4.39 Å². The minimum atomic E-state index is -0.0332. The summed E-state index contributed by atoms with van der Waals surface area (Å²) in [4.78, 5) is 2.02. The largest absolute Gasteiger partial charge is 0.396 e. The molecule has 1 aliphatic rings. The highest BCUT2D eigenvalue weighted by Crippen LogP contribution is 2.09. The Balaban J connectivity index is 2.21. The molecule has 0 atom stereocenters. The van der Waals surface area contributed by atoms with E-state index >= 15 is 0 Å². The van der Waals surface area contributed by atoms with Crippen molar-refractivity contribution in [3.63, 3.8) is 0 Å². The number of nitrogens with zero attached hydrogens (tertiary/aromatic N) is 1. The van der Waals surface area contributed by atoms with E-state index in [-0.39, 0.29) is 12.4 Å². The fourth-order valence-corrected chi connectivity index (χ4v) is 1.25. The zero-order valence-electron chi connectivity index (χ0n) is 6.59. The van der Waals surface area contributed by atoms with Crippen LogP contribution >= 0.6 is 0 Å². The van der Waals surface area contributed by atoms with Crippen LogP contribution in [0.1, 0.15) is 12.8 Å².